The molecule has 0 saturated heterocycles. The lowest BCUT2D eigenvalue weighted by Crippen LogP contribution is -2.21. The van der Waals surface area contributed by atoms with Gasteiger partial charge < -0.3 is 15.2 Å². The standard InChI is InChI=1S/C21H24N4O3S2/c1-4-15-7-6-8-16(5-2)20(15)23-21(29)22-17-9-11-18(12-10-17)30(26,27)25-19-13-14(3)28-24-19/h6-13H,4-5H2,1-3H3,(H,24,25)(H2,22,23,29). The highest BCUT2D eigenvalue weighted by Crippen LogP contribution is 2.23. The van der Waals surface area contributed by atoms with Crippen LogP contribution in [0.1, 0.15) is 30.7 Å². The van der Waals surface area contributed by atoms with E-state index in [4.69, 9.17) is 16.7 Å². The number of hydrogen-bond acceptors (Lipinski definition) is 5. The summed E-state index contributed by atoms with van der Waals surface area (Å²) < 4.78 is 32.2. The Labute approximate surface area is 181 Å². The van der Waals surface area contributed by atoms with Crippen LogP contribution < -0.4 is 15.4 Å². The summed E-state index contributed by atoms with van der Waals surface area (Å²) in [5.41, 5.74) is 4.07. The monoisotopic (exact) mass is 444 g/mol. The van der Waals surface area contributed by atoms with Crippen LogP contribution in [-0.2, 0) is 22.9 Å². The van der Waals surface area contributed by atoms with Gasteiger partial charge in [0.05, 0.1) is 4.90 Å². The first kappa shape index (κ1) is 21.8. The van der Waals surface area contributed by atoms with Crippen LogP contribution in [0.3, 0.4) is 0 Å². The molecule has 0 fully saturated rings. The van der Waals surface area contributed by atoms with Crippen molar-refractivity contribution in [3.63, 3.8) is 0 Å². The summed E-state index contributed by atoms with van der Waals surface area (Å²) in [6, 6.07) is 14.0. The van der Waals surface area contributed by atoms with Gasteiger partial charge in [-0.1, -0.05) is 37.2 Å². The number of anilines is 3. The molecule has 0 atom stereocenters. The topological polar surface area (TPSA) is 96.3 Å². The zero-order valence-electron chi connectivity index (χ0n) is 17.0. The Hall–Kier alpha value is -2.91. The van der Waals surface area contributed by atoms with Gasteiger partial charge in [0, 0.05) is 17.4 Å². The molecule has 0 aliphatic heterocycles. The van der Waals surface area contributed by atoms with Gasteiger partial charge in [-0.2, -0.15) is 0 Å². The summed E-state index contributed by atoms with van der Waals surface area (Å²) in [5, 5.41) is 10.5. The second-order valence-corrected chi connectivity index (χ2v) is 8.78. The SMILES string of the molecule is CCc1cccc(CC)c1NC(=S)Nc1ccc(S(=O)(=O)Nc2cc(C)on2)cc1. The molecule has 0 bridgehead atoms. The highest BCUT2D eigenvalue weighted by molar-refractivity contribution is 7.92. The largest absolute Gasteiger partial charge is 0.360 e. The van der Waals surface area contributed by atoms with Gasteiger partial charge in [0.25, 0.3) is 10.0 Å². The van der Waals surface area contributed by atoms with E-state index >= 15 is 0 Å². The van der Waals surface area contributed by atoms with Gasteiger partial charge in [-0.15, -0.1) is 0 Å². The molecular weight excluding hydrogens is 420 g/mol. The van der Waals surface area contributed by atoms with Gasteiger partial charge in [0.1, 0.15) is 5.76 Å². The van der Waals surface area contributed by atoms with E-state index < -0.39 is 10.0 Å². The van der Waals surface area contributed by atoms with E-state index in [1.165, 1.54) is 29.3 Å². The Balaban J connectivity index is 1.69. The molecule has 0 amide bonds. The zero-order valence-corrected chi connectivity index (χ0v) is 18.7. The van der Waals surface area contributed by atoms with Crippen molar-refractivity contribution in [1.29, 1.82) is 0 Å². The molecule has 30 heavy (non-hydrogen) atoms. The van der Waals surface area contributed by atoms with E-state index in [9.17, 15) is 8.42 Å². The molecule has 0 aliphatic rings. The number of para-hydroxylation sites is 1. The van der Waals surface area contributed by atoms with Crippen LogP contribution in [0.15, 0.2) is 57.9 Å². The van der Waals surface area contributed by atoms with Crippen LogP contribution in [-0.4, -0.2) is 18.7 Å². The molecule has 9 heteroatoms. The molecule has 0 unspecified atom stereocenters. The van der Waals surface area contributed by atoms with Crippen molar-refractivity contribution in [2.24, 2.45) is 0 Å². The van der Waals surface area contributed by atoms with E-state index in [2.05, 4.69) is 46.5 Å². The van der Waals surface area contributed by atoms with E-state index in [1.807, 2.05) is 6.07 Å². The molecule has 1 aromatic heterocycles. The lowest BCUT2D eigenvalue weighted by Gasteiger charge is -2.17. The van der Waals surface area contributed by atoms with Gasteiger partial charge in [0.15, 0.2) is 10.9 Å². The molecule has 2 aromatic carbocycles. The van der Waals surface area contributed by atoms with Crippen LogP contribution in [0, 0.1) is 6.92 Å². The average molecular weight is 445 g/mol. The molecule has 1 heterocycles. The number of benzene rings is 2. The van der Waals surface area contributed by atoms with Crippen LogP contribution in [0.25, 0.3) is 0 Å². The number of thiocarbonyl (C=S) groups is 1. The van der Waals surface area contributed by atoms with Crippen LogP contribution in [0.4, 0.5) is 17.2 Å². The van der Waals surface area contributed by atoms with Gasteiger partial charge in [-0.05, 0) is 67.4 Å². The summed E-state index contributed by atoms with van der Waals surface area (Å²) in [6.45, 7) is 5.89. The predicted molar refractivity (Wildman–Crippen MR) is 124 cm³/mol. The Morgan fingerprint density at radius 1 is 1.03 bits per heavy atom. The van der Waals surface area contributed by atoms with Crippen LogP contribution in [0.2, 0.25) is 0 Å². The second-order valence-electron chi connectivity index (χ2n) is 6.69. The summed E-state index contributed by atoms with van der Waals surface area (Å²) in [5.74, 6) is 0.658. The zero-order chi connectivity index (χ0) is 21.7. The first-order chi connectivity index (χ1) is 14.3. The summed E-state index contributed by atoms with van der Waals surface area (Å²) >= 11 is 5.46. The normalized spacial score (nSPS) is 11.2. The molecule has 0 radical (unpaired) electrons. The van der Waals surface area contributed by atoms with E-state index in [-0.39, 0.29) is 10.7 Å². The maximum atomic E-state index is 12.5. The fraction of sp³-hybridized carbons (Fsp3) is 0.238. The van der Waals surface area contributed by atoms with Crippen molar-refractivity contribution in [2.45, 2.75) is 38.5 Å². The maximum absolute atomic E-state index is 12.5. The molecule has 0 aliphatic carbocycles. The lowest BCUT2D eigenvalue weighted by atomic mass is 10.0. The predicted octanol–water partition coefficient (Wildman–Crippen LogP) is 4.72. The number of nitrogens with zero attached hydrogens (tertiary/aromatic N) is 1. The van der Waals surface area contributed by atoms with E-state index in [1.54, 1.807) is 19.1 Å². The fourth-order valence-electron chi connectivity index (χ4n) is 3.01. The number of aromatic nitrogens is 1. The Morgan fingerprint density at radius 3 is 2.20 bits per heavy atom. The molecule has 0 spiro atoms. The van der Waals surface area contributed by atoms with Gasteiger partial charge >= 0.3 is 0 Å². The second kappa shape index (κ2) is 9.27. The molecule has 158 valence electrons. The van der Waals surface area contributed by atoms with Crippen molar-refractivity contribution in [1.82, 2.24) is 5.16 Å². The average Bonchev–Trinajstić information content (AvgIpc) is 3.12. The third kappa shape index (κ3) is 5.17. The van der Waals surface area contributed by atoms with Crippen molar-refractivity contribution in [3.8, 4) is 0 Å². The van der Waals surface area contributed by atoms with Gasteiger partial charge in [0.2, 0.25) is 0 Å². The summed E-state index contributed by atoms with van der Waals surface area (Å²) in [7, 11) is -3.76. The molecule has 7 nitrogen and oxygen atoms in total. The minimum atomic E-state index is -3.76. The van der Waals surface area contributed by atoms with E-state index in [0.29, 0.717) is 16.6 Å². The van der Waals surface area contributed by atoms with E-state index in [0.717, 1.165) is 18.5 Å². The molecule has 3 aromatic rings. The van der Waals surface area contributed by atoms with Crippen molar-refractivity contribution >= 4 is 44.5 Å². The molecule has 3 N–H and O–H groups in total. The van der Waals surface area contributed by atoms with Crippen molar-refractivity contribution in [2.75, 3.05) is 15.4 Å². The van der Waals surface area contributed by atoms with Crippen LogP contribution >= 0.6 is 12.2 Å². The number of rotatable bonds is 7. The lowest BCUT2D eigenvalue weighted by molar-refractivity contribution is 0.400. The Morgan fingerprint density at radius 2 is 1.67 bits per heavy atom. The van der Waals surface area contributed by atoms with Crippen LogP contribution in [0.5, 0.6) is 0 Å². The maximum Gasteiger partial charge on any atom is 0.263 e. The van der Waals surface area contributed by atoms with Gasteiger partial charge in [-0.25, -0.2) is 8.42 Å². The third-order valence-corrected chi connectivity index (χ3v) is 6.10. The number of hydrogen-bond donors (Lipinski definition) is 3. The smallest absolute Gasteiger partial charge is 0.263 e. The Bertz CT molecular complexity index is 1120. The molecule has 0 saturated carbocycles. The quantitative estimate of drug-likeness (QED) is 0.454. The number of nitrogens with one attached hydrogen (secondary N) is 3. The highest BCUT2D eigenvalue weighted by Gasteiger charge is 2.16. The molecular formula is C21H24N4O3S2. The van der Waals surface area contributed by atoms with Crippen molar-refractivity contribution < 1.29 is 12.9 Å². The third-order valence-electron chi connectivity index (χ3n) is 4.53. The molecule has 3 rings (SSSR count). The fourth-order valence-corrected chi connectivity index (χ4v) is 4.21. The first-order valence-corrected chi connectivity index (χ1v) is 11.5. The minimum absolute atomic E-state index is 0.108. The number of aryl methyl sites for hydroxylation is 3. The van der Waals surface area contributed by atoms with Gasteiger partial charge in [-0.3, -0.25) is 4.72 Å². The minimum Gasteiger partial charge on any atom is -0.360 e. The summed E-state index contributed by atoms with van der Waals surface area (Å²) in [6.07, 6.45) is 1.78. The summed E-state index contributed by atoms with van der Waals surface area (Å²) in [4.78, 5) is 0.108. The Kier molecular flexibility index (Phi) is 6.73. The number of sulfonamides is 1. The highest BCUT2D eigenvalue weighted by atomic mass is 32.2. The van der Waals surface area contributed by atoms with Crippen molar-refractivity contribution in [3.05, 3.63) is 65.4 Å². The first-order valence-electron chi connectivity index (χ1n) is 9.57.